The van der Waals surface area contributed by atoms with E-state index in [1.54, 1.807) is 0 Å². The summed E-state index contributed by atoms with van der Waals surface area (Å²) in [7, 11) is 0. The van der Waals surface area contributed by atoms with Gasteiger partial charge in [0.15, 0.2) is 0 Å². The van der Waals surface area contributed by atoms with Crippen molar-refractivity contribution >= 4 is 5.91 Å². The summed E-state index contributed by atoms with van der Waals surface area (Å²) in [6, 6.07) is 4.00. The minimum atomic E-state index is -0.212. The molecule has 1 aliphatic heterocycles. The van der Waals surface area contributed by atoms with Crippen LogP contribution in [0.15, 0.2) is 24.5 Å². The Morgan fingerprint density at radius 3 is 2.72 bits per heavy atom. The van der Waals surface area contributed by atoms with Gasteiger partial charge in [-0.2, -0.15) is 0 Å². The highest BCUT2D eigenvalue weighted by Crippen LogP contribution is 2.34. The Balaban J connectivity index is 1.86. The molecular formula is C14H23N3O. The SMILES string of the molecule is CC(C)C1(C(=O)NCCn2cccc2)CCNC1. The second-order valence-corrected chi connectivity index (χ2v) is 5.41. The maximum atomic E-state index is 12.4. The predicted molar refractivity (Wildman–Crippen MR) is 72.2 cm³/mol. The summed E-state index contributed by atoms with van der Waals surface area (Å²) < 4.78 is 2.08. The number of carbonyl (C=O) groups excluding carboxylic acids is 1. The van der Waals surface area contributed by atoms with Gasteiger partial charge in [-0.3, -0.25) is 4.79 Å². The van der Waals surface area contributed by atoms with Crippen molar-refractivity contribution in [2.24, 2.45) is 11.3 Å². The Morgan fingerprint density at radius 1 is 1.44 bits per heavy atom. The van der Waals surface area contributed by atoms with Crippen LogP contribution >= 0.6 is 0 Å². The first-order valence-electron chi connectivity index (χ1n) is 6.75. The Hall–Kier alpha value is -1.29. The number of hydrogen-bond donors (Lipinski definition) is 2. The molecule has 0 spiro atoms. The lowest BCUT2D eigenvalue weighted by atomic mass is 9.75. The molecule has 0 aliphatic carbocycles. The normalized spacial score (nSPS) is 23.5. The van der Waals surface area contributed by atoms with E-state index in [0.717, 1.165) is 26.1 Å². The molecule has 1 unspecified atom stereocenters. The molecule has 2 N–H and O–H groups in total. The fourth-order valence-corrected chi connectivity index (χ4v) is 2.65. The van der Waals surface area contributed by atoms with Gasteiger partial charge in [-0.15, -0.1) is 0 Å². The summed E-state index contributed by atoms with van der Waals surface area (Å²) in [6.45, 7) is 7.56. The number of rotatable bonds is 5. The van der Waals surface area contributed by atoms with Crippen molar-refractivity contribution in [3.63, 3.8) is 0 Å². The number of nitrogens with one attached hydrogen (secondary N) is 2. The molecule has 0 aromatic carbocycles. The van der Waals surface area contributed by atoms with Crippen molar-refractivity contribution in [2.45, 2.75) is 26.8 Å². The molecule has 2 heterocycles. The Morgan fingerprint density at radius 2 is 2.17 bits per heavy atom. The first kappa shape index (κ1) is 13.1. The zero-order valence-corrected chi connectivity index (χ0v) is 11.3. The molecule has 1 aliphatic rings. The number of nitrogens with zero attached hydrogens (tertiary/aromatic N) is 1. The van der Waals surface area contributed by atoms with E-state index in [-0.39, 0.29) is 11.3 Å². The number of carbonyl (C=O) groups is 1. The monoisotopic (exact) mass is 249 g/mol. The van der Waals surface area contributed by atoms with Gasteiger partial charge < -0.3 is 15.2 Å². The van der Waals surface area contributed by atoms with Crippen molar-refractivity contribution in [3.8, 4) is 0 Å². The van der Waals surface area contributed by atoms with E-state index in [0.29, 0.717) is 12.5 Å². The van der Waals surface area contributed by atoms with Gasteiger partial charge in [0.05, 0.1) is 5.41 Å². The van der Waals surface area contributed by atoms with Crippen LogP contribution in [0.4, 0.5) is 0 Å². The average Bonchev–Trinajstić information content (AvgIpc) is 3.00. The zero-order chi connectivity index (χ0) is 13.0. The first-order valence-corrected chi connectivity index (χ1v) is 6.75. The molecule has 18 heavy (non-hydrogen) atoms. The third kappa shape index (κ3) is 2.58. The molecule has 4 heteroatoms. The smallest absolute Gasteiger partial charge is 0.227 e. The lowest BCUT2D eigenvalue weighted by Gasteiger charge is -2.31. The fourth-order valence-electron chi connectivity index (χ4n) is 2.65. The third-order valence-corrected chi connectivity index (χ3v) is 4.07. The molecule has 0 radical (unpaired) electrons. The van der Waals surface area contributed by atoms with Gasteiger partial charge >= 0.3 is 0 Å². The Labute approximate surface area is 109 Å². The number of aromatic nitrogens is 1. The summed E-state index contributed by atoms with van der Waals surface area (Å²) in [5, 5.41) is 6.40. The topological polar surface area (TPSA) is 46.1 Å². The summed E-state index contributed by atoms with van der Waals surface area (Å²) in [5.41, 5.74) is -0.212. The number of hydrogen-bond acceptors (Lipinski definition) is 2. The molecule has 1 amide bonds. The molecule has 0 saturated carbocycles. The van der Waals surface area contributed by atoms with Crippen LogP contribution in [-0.2, 0) is 11.3 Å². The summed E-state index contributed by atoms with van der Waals surface area (Å²) in [5.74, 6) is 0.578. The second kappa shape index (κ2) is 5.57. The summed E-state index contributed by atoms with van der Waals surface area (Å²) in [4.78, 5) is 12.4. The molecule has 4 nitrogen and oxygen atoms in total. The van der Waals surface area contributed by atoms with E-state index >= 15 is 0 Å². The highest BCUT2D eigenvalue weighted by atomic mass is 16.2. The van der Waals surface area contributed by atoms with E-state index in [1.807, 2.05) is 24.5 Å². The Bertz CT molecular complexity index is 378. The standard InChI is InChI=1S/C14H23N3O/c1-12(2)14(5-6-15-11-14)13(18)16-7-10-17-8-3-4-9-17/h3-4,8-9,12,15H,5-7,10-11H2,1-2H3,(H,16,18). The molecule has 0 bridgehead atoms. The highest BCUT2D eigenvalue weighted by molar-refractivity contribution is 5.83. The number of amides is 1. The molecule has 1 aromatic rings. The van der Waals surface area contributed by atoms with Crippen molar-refractivity contribution in [1.82, 2.24) is 15.2 Å². The van der Waals surface area contributed by atoms with Crippen LogP contribution < -0.4 is 10.6 Å². The van der Waals surface area contributed by atoms with E-state index in [2.05, 4.69) is 29.0 Å². The van der Waals surface area contributed by atoms with Crippen LogP contribution in [0.3, 0.4) is 0 Å². The molecule has 1 fully saturated rings. The molecular weight excluding hydrogens is 226 g/mol. The minimum Gasteiger partial charge on any atom is -0.354 e. The first-order chi connectivity index (χ1) is 8.65. The van der Waals surface area contributed by atoms with Crippen LogP contribution in [-0.4, -0.2) is 30.1 Å². The molecule has 1 atom stereocenters. The summed E-state index contributed by atoms with van der Waals surface area (Å²) >= 11 is 0. The van der Waals surface area contributed by atoms with Gasteiger partial charge in [0.25, 0.3) is 0 Å². The van der Waals surface area contributed by atoms with E-state index in [9.17, 15) is 4.79 Å². The molecule has 2 rings (SSSR count). The zero-order valence-electron chi connectivity index (χ0n) is 11.3. The maximum Gasteiger partial charge on any atom is 0.227 e. The van der Waals surface area contributed by atoms with Gasteiger partial charge in [0.2, 0.25) is 5.91 Å². The quantitative estimate of drug-likeness (QED) is 0.825. The second-order valence-electron chi connectivity index (χ2n) is 5.41. The van der Waals surface area contributed by atoms with Gasteiger partial charge in [-0.1, -0.05) is 13.8 Å². The van der Waals surface area contributed by atoms with Crippen molar-refractivity contribution < 1.29 is 4.79 Å². The third-order valence-electron chi connectivity index (χ3n) is 4.07. The van der Waals surface area contributed by atoms with Crippen LogP contribution in [0, 0.1) is 11.3 Å². The Kier molecular flexibility index (Phi) is 4.07. The van der Waals surface area contributed by atoms with E-state index in [4.69, 9.17) is 0 Å². The molecule has 1 aromatic heterocycles. The van der Waals surface area contributed by atoms with Crippen LogP contribution in [0.2, 0.25) is 0 Å². The predicted octanol–water partition coefficient (Wildman–Crippen LogP) is 1.24. The van der Waals surface area contributed by atoms with Crippen LogP contribution in [0.5, 0.6) is 0 Å². The lowest BCUT2D eigenvalue weighted by Crippen LogP contribution is -2.46. The van der Waals surface area contributed by atoms with Crippen molar-refractivity contribution in [2.75, 3.05) is 19.6 Å². The molecule has 1 saturated heterocycles. The van der Waals surface area contributed by atoms with Gasteiger partial charge in [0.1, 0.15) is 0 Å². The van der Waals surface area contributed by atoms with E-state index < -0.39 is 0 Å². The lowest BCUT2D eigenvalue weighted by molar-refractivity contribution is -0.132. The highest BCUT2D eigenvalue weighted by Gasteiger charge is 2.43. The van der Waals surface area contributed by atoms with Crippen LogP contribution in [0.25, 0.3) is 0 Å². The van der Waals surface area contributed by atoms with Crippen molar-refractivity contribution in [1.29, 1.82) is 0 Å². The maximum absolute atomic E-state index is 12.4. The molecule has 100 valence electrons. The van der Waals surface area contributed by atoms with Gasteiger partial charge in [0, 0.05) is 32.0 Å². The van der Waals surface area contributed by atoms with E-state index in [1.165, 1.54) is 0 Å². The van der Waals surface area contributed by atoms with Gasteiger partial charge in [-0.05, 0) is 31.0 Å². The van der Waals surface area contributed by atoms with Gasteiger partial charge in [-0.25, -0.2) is 0 Å². The average molecular weight is 249 g/mol. The minimum absolute atomic E-state index is 0.203. The fraction of sp³-hybridized carbons (Fsp3) is 0.643. The largest absolute Gasteiger partial charge is 0.354 e. The summed E-state index contributed by atoms with van der Waals surface area (Å²) in [6.07, 6.45) is 4.98. The van der Waals surface area contributed by atoms with Crippen molar-refractivity contribution in [3.05, 3.63) is 24.5 Å². The van der Waals surface area contributed by atoms with Crippen LogP contribution in [0.1, 0.15) is 20.3 Å².